The second-order valence-corrected chi connectivity index (χ2v) is 5.69. The summed E-state index contributed by atoms with van der Waals surface area (Å²) in [5, 5.41) is 0.465. The number of rotatable bonds is 0. The second kappa shape index (κ2) is 4.37. The second-order valence-electron chi connectivity index (χ2n) is 5.28. The van der Waals surface area contributed by atoms with Crippen molar-refractivity contribution < 1.29 is 4.79 Å². The van der Waals surface area contributed by atoms with Gasteiger partial charge in [-0.05, 0) is 30.9 Å². The molecule has 1 aromatic heterocycles. The molecule has 2 aliphatic heterocycles. The summed E-state index contributed by atoms with van der Waals surface area (Å²) in [6.45, 7) is 0.726. The third-order valence-electron chi connectivity index (χ3n) is 4.24. The molecule has 0 saturated carbocycles. The molecule has 1 atom stereocenters. The van der Waals surface area contributed by atoms with E-state index < -0.39 is 0 Å². The van der Waals surface area contributed by atoms with Crippen LogP contribution in [-0.2, 0) is 0 Å². The summed E-state index contributed by atoms with van der Waals surface area (Å²) in [7, 11) is 0. The quantitative estimate of drug-likeness (QED) is 0.701. The Kier molecular flexibility index (Phi) is 2.60. The topological polar surface area (TPSA) is 38.1 Å². The Morgan fingerprint density at radius 1 is 1.43 bits per heavy atom. The molecular formula is C16H12ClN3O. The molecule has 5 heteroatoms. The number of hydrogen-bond acceptors (Lipinski definition) is 2. The van der Waals surface area contributed by atoms with E-state index in [0.717, 1.165) is 30.8 Å². The molecule has 1 aromatic carbocycles. The maximum atomic E-state index is 12.9. The zero-order valence-corrected chi connectivity index (χ0v) is 12.0. The smallest absolute Gasteiger partial charge is 0.258 e. The molecule has 4 nitrogen and oxygen atoms in total. The molecule has 2 aliphatic rings. The molecule has 3 heterocycles. The van der Waals surface area contributed by atoms with Crippen LogP contribution in [0.2, 0.25) is 5.02 Å². The summed E-state index contributed by atoms with van der Waals surface area (Å²) < 4.78 is 1.92. The first kappa shape index (κ1) is 12.5. The van der Waals surface area contributed by atoms with Crippen LogP contribution in [0.5, 0.6) is 0 Å². The number of amides is 1. The van der Waals surface area contributed by atoms with E-state index in [9.17, 15) is 4.79 Å². The Labute approximate surface area is 127 Å². The number of hydrogen-bond donors (Lipinski definition) is 0. The Bertz CT molecular complexity index is 802. The summed E-state index contributed by atoms with van der Waals surface area (Å²) in [6, 6.07) is 5.44. The van der Waals surface area contributed by atoms with Crippen LogP contribution in [0.4, 0.5) is 0 Å². The van der Waals surface area contributed by atoms with E-state index in [1.54, 1.807) is 12.4 Å². The van der Waals surface area contributed by atoms with E-state index in [-0.39, 0.29) is 11.9 Å². The maximum Gasteiger partial charge on any atom is 0.258 e. The van der Waals surface area contributed by atoms with Crippen molar-refractivity contribution in [3.63, 3.8) is 0 Å². The highest BCUT2D eigenvalue weighted by molar-refractivity contribution is 6.34. The van der Waals surface area contributed by atoms with Gasteiger partial charge in [-0.1, -0.05) is 17.7 Å². The van der Waals surface area contributed by atoms with Gasteiger partial charge in [0.1, 0.15) is 12.0 Å². The lowest BCUT2D eigenvalue weighted by molar-refractivity contribution is 0.0738. The number of aromatic nitrogens is 2. The predicted molar refractivity (Wildman–Crippen MR) is 79.5 cm³/mol. The third-order valence-corrected chi connectivity index (χ3v) is 4.55. The number of carbonyl (C=O) groups is 1. The van der Waals surface area contributed by atoms with E-state index in [1.165, 1.54) is 0 Å². The van der Waals surface area contributed by atoms with E-state index in [4.69, 9.17) is 18.0 Å². The SMILES string of the molecule is C#Cc1ncn2c1[C@@H]1CCCN1C(=O)c1c(Cl)cccc1-2. The highest BCUT2D eigenvalue weighted by Crippen LogP contribution is 2.40. The number of imidazole rings is 1. The first-order valence-electron chi connectivity index (χ1n) is 6.86. The van der Waals surface area contributed by atoms with Crippen LogP contribution in [0.25, 0.3) is 5.69 Å². The minimum absolute atomic E-state index is 0.0190. The first-order chi connectivity index (χ1) is 10.2. The van der Waals surface area contributed by atoms with Gasteiger partial charge in [0.2, 0.25) is 0 Å². The Morgan fingerprint density at radius 3 is 3.10 bits per heavy atom. The zero-order chi connectivity index (χ0) is 14.6. The van der Waals surface area contributed by atoms with Crippen molar-refractivity contribution >= 4 is 17.5 Å². The van der Waals surface area contributed by atoms with Gasteiger partial charge in [0.25, 0.3) is 5.91 Å². The van der Waals surface area contributed by atoms with Crippen molar-refractivity contribution in [1.82, 2.24) is 14.5 Å². The minimum Gasteiger partial charge on any atom is -0.330 e. The minimum atomic E-state index is -0.0234. The molecule has 104 valence electrons. The summed E-state index contributed by atoms with van der Waals surface area (Å²) in [4.78, 5) is 19.0. The van der Waals surface area contributed by atoms with Gasteiger partial charge >= 0.3 is 0 Å². The summed E-state index contributed by atoms with van der Waals surface area (Å²) in [5.74, 6) is 2.61. The molecule has 0 N–H and O–H groups in total. The Balaban J connectivity index is 2.09. The van der Waals surface area contributed by atoms with Gasteiger partial charge in [-0.15, -0.1) is 6.42 Å². The van der Waals surface area contributed by atoms with Crippen LogP contribution in [0.3, 0.4) is 0 Å². The van der Waals surface area contributed by atoms with Crippen molar-refractivity contribution in [3.8, 4) is 18.0 Å². The van der Waals surface area contributed by atoms with Gasteiger partial charge in [0.15, 0.2) is 0 Å². The van der Waals surface area contributed by atoms with Crippen LogP contribution in [0.1, 0.15) is 40.6 Å². The van der Waals surface area contributed by atoms with E-state index >= 15 is 0 Å². The average molecular weight is 298 g/mol. The standard InChI is InChI=1S/C16H12ClN3O/c1-2-11-15-13-7-4-8-19(13)16(21)14-10(17)5-3-6-12(14)20(15)9-18-11/h1,3,5-6,9,13H,4,7-8H2/t13-/m0/s1. The summed E-state index contributed by atoms with van der Waals surface area (Å²) in [6.07, 6.45) is 9.13. The number of carbonyl (C=O) groups excluding carboxylic acids is 1. The predicted octanol–water partition coefficient (Wildman–Crippen LogP) is 2.80. The number of nitrogens with zero attached hydrogens (tertiary/aromatic N) is 3. The lowest BCUT2D eigenvalue weighted by Gasteiger charge is -2.22. The van der Waals surface area contributed by atoms with Gasteiger partial charge in [-0.2, -0.15) is 0 Å². The molecule has 2 aromatic rings. The molecular weight excluding hydrogens is 286 g/mol. The fourth-order valence-electron chi connectivity index (χ4n) is 3.34. The Morgan fingerprint density at radius 2 is 2.29 bits per heavy atom. The summed E-state index contributed by atoms with van der Waals surface area (Å²) >= 11 is 6.29. The van der Waals surface area contributed by atoms with Gasteiger partial charge < -0.3 is 4.90 Å². The van der Waals surface area contributed by atoms with Crippen LogP contribution < -0.4 is 0 Å². The van der Waals surface area contributed by atoms with E-state index in [1.807, 2.05) is 21.6 Å². The zero-order valence-electron chi connectivity index (χ0n) is 11.2. The van der Waals surface area contributed by atoms with Crippen LogP contribution in [0.15, 0.2) is 24.5 Å². The lowest BCUT2D eigenvalue weighted by Crippen LogP contribution is -2.30. The van der Waals surface area contributed by atoms with Crippen molar-refractivity contribution in [2.45, 2.75) is 18.9 Å². The number of fused-ring (bicyclic) bond motifs is 5. The first-order valence-corrected chi connectivity index (χ1v) is 7.24. The monoisotopic (exact) mass is 297 g/mol. The molecule has 1 saturated heterocycles. The van der Waals surface area contributed by atoms with Crippen molar-refractivity contribution in [2.75, 3.05) is 6.54 Å². The number of benzene rings is 1. The van der Waals surface area contributed by atoms with E-state index in [0.29, 0.717) is 16.3 Å². The molecule has 4 rings (SSSR count). The molecule has 1 amide bonds. The highest BCUT2D eigenvalue weighted by atomic mass is 35.5. The molecule has 0 spiro atoms. The van der Waals surface area contributed by atoms with Gasteiger partial charge in [-0.25, -0.2) is 4.98 Å². The van der Waals surface area contributed by atoms with Crippen molar-refractivity contribution in [1.29, 1.82) is 0 Å². The average Bonchev–Trinajstić information content (AvgIpc) is 3.10. The van der Waals surface area contributed by atoms with Crippen LogP contribution >= 0.6 is 11.6 Å². The highest BCUT2D eigenvalue weighted by Gasteiger charge is 2.39. The van der Waals surface area contributed by atoms with Gasteiger partial charge in [0, 0.05) is 6.54 Å². The molecule has 0 bridgehead atoms. The number of halogens is 1. The van der Waals surface area contributed by atoms with Crippen molar-refractivity contribution in [2.24, 2.45) is 0 Å². The molecule has 0 radical (unpaired) electrons. The fourth-order valence-corrected chi connectivity index (χ4v) is 3.59. The molecule has 0 aliphatic carbocycles. The maximum absolute atomic E-state index is 12.9. The van der Waals surface area contributed by atoms with Gasteiger partial charge in [-0.3, -0.25) is 9.36 Å². The fraction of sp³-hybridized carbons (Fsp3) is 0.250. The largest absolute Gasteiger partial charge is 0.330 e. The van der Waals surface area contributed by atoms with Crippen LogP contribution in [-0.4, -0.2) is 26.9 Å². The van der Waals surface area contributed by atoms with Crippen LogP contribution in [0, 0.1) is 12.3 Å². The van der Waals surface area contributed by atoms with E-state index in [2.05, 4.69) is 10.9 Å². The lowest BCUT2D eigenvalue weighted by atomic mass is 10.1. The van der Waals surface area contributed by atoms with Gasteiger partial charge in [0.05, 0.1) is 28.0 Å². The molecule has 0 unspecified atom stereocenters. The third kappa shape index (κ3) is 1.58. The number of terminal acetylenes is 1. The van der Waals surface area contributed by atoms with Crippen molar-refractivity contribution in [3.05, 3.63) is 46.5 Å². The normalized spacial score (nSPS) is 19.5. The molecule has 21 heavy (non-hydrogen) atoms. The summed E-state index contributed by atoms with van der Waals surface area (Å²) in [5.41, 5.74) is 2.81. The molecule has 1 fully saturated rings. The Hall–Kier alpha value is -2.25.